The molecule has 1 aliphatic carbocycles. The number of nitrogens with one attached hydrogen (secondary N) is 6. The minimum Gasteiger partial charge on any atom is -0.382 e. The summed E-state index contributed by atoms with van der Waals surface area (Å²) in [7, 11) is 1.53. The third-order valence-electron chi connectivity index (χ3n) is 12.4. The minimum absolute atomic E-state index is 0.0538. The largest absolute Gasteiger partial charge is 0.382 e. The Balaban J connectivity index is 0.944. The molecule has 3 aromatic rings. The van der Waals surface area contributed by atoms with Gasteiger partial charge in [0.25, 0.3) is 5.56 Å². The van der Waals surface area contributed by atoms with Gasteiger partial charge >= 0.3 is 0 Å². The first-order valence-electron chi connectivity index (χ1n) is 22.5. The molecule has 370 valence electrons. The molecule has 68 heavy (non-hydrogen) atoms. The first-order valence-corrected chi connectivity index (χ1v) is 22.5. The van der Waals surface area contributed by atoms with Gasteiger partial charge in [0.15, 0.2) is 6.29 Å². The third-order valence-corrected chi connectivity index (χ3v) is 12.4. The van der Waals surface area contributed by atoms with Crippen molar-refractivity contribution in [3.8, 4) is 11.4 Å². The molecule has 0 spiro atoms. The first-order chi connectivity index (χ1) is 32.5. The highest BCUT2D eigenvalue weighted by Crippen LogP contribution is 2.46. The molecule has 0 radical (unpaired) electrons. The lowest BCUT2D eigenvalue weighted by Gasteiger charge is -2.37. The van der Waals surface area contributed by atoms with Crippen molar-refractivity contribution in [1.29, 1.82) is 0 Å². The van der Waals surface area contributed by atoms with Crippen molar-refractivity contribution in [2.75, 3.05) is 59.9 Å². The number of carbonyl (C=O) groups is 6. The standard InChI is InChI=1S/C45H60FN9O13/c1-5-45(64)28-14-33-40-26(18-55(33)43(62)27(28)19-68-44(45)63)39-31(10-9-25-23(2)29(46)15-32(53-40)38(25)39)54-41(60)24(3)52-37(59)21-67-22-51-35(57)16-49-34(56)17-50-42(61)30(47)8-6-7-11-48-36(58)20-66-13-12-65-4/h14-15,24,30-31,44,63-64H,5-13,16-22,47H2,1-4H3,(H,48,58)(H,49,56)(H,50,61)(H,51,57)(H,52,59)(H,54,60)/t24-,30-,31-,44?,45-/m0/s1. The summed E-state index contributed by atoms with van der Waals surface area (Å²) in [5, 5.41) is 38.1. The lowest BCUT2D eigenvalue weighted by atomic mass is 9.81. The fraction of sp³-hybridized carbons (Fsp3) is 0.556. The highest BCUT2D eigenvalue weighted by Gasteiger charge is 2.45. The molecular formula is C45H60FN9O13. The van der Waals surface area contributed by atoms with Gasteiger partial charge < -0.3 is 71.4 Å². The molecule has 2 aliphatic heterocycles. The molecule has 4 heterocycles. The van der Waals surface area contributed by atoms with Crippen LogP contribution in [0.5, 0.6) is 0 Å². The summed E-state index contributed by atoms with van der Waals surface area (Å²) in [6, 6.07) is 0.391. The number of aliphatic hydroxyl groups is 2. The number of rotatable bonds is 23. The van der Waals surface area contributed by atoms with Gasteiger partial charge in [0.05, 0.1) is 68.4 Å². The van der Waals surface area contributed by atoms with Gasteiger partial charge in [-0.25, -0.2) is 9.37 Å². The van der Waals surface area contributed by atoms with Crippen LogP contribution in [0.2, 0.25) is 0 Å². The topological polar surface area (TPSA) is 313 Å². The van der Waals surface area contributed by atoms with Crippen LogP contribution in [-0.2, 0) is 72.9 Å². The number of aryl methyl sites for hydroxylation is 1. The maximum absolute atomic E-state index is 15.3. The van der Waals surface area contributed by atoms with Crippen LogP contribution in [0.4, 0.5) is 4.39 Å². The van der Waals surface area contributed by atoms with Crippen LogP contribution in [0.25, 0.3) is 22.3 Å². The number of methoxy groups -OCH3 is 1. The number of halogens is 1. The molecule has 0 saturated heterocycles. The van der Waals surface area contributed by atoms with Crippen molar-refractivity contribution >= 4 is 46.3 Å². The van der Waals surface area contributed by atoms with Crippen molar-refractivity contribution in [3.05, 3.63) is 61.7 Å². The van der Waals surface area contributed by atoms with Gasteiger partial charge in [-0.15, -0.1) is 0 Å². The smallest absolute Gasteiger partial charge is 0.257 e. The molecular weight excluding hydrogens is 894 g/mol. The Labute approximate surface area is 390 Å². The molecule has 1 unspecified atom stereocenters. The van der Waals surface area contributed by atoms with E-state index in [2.05, 4.69) is 31.9 Å². The van der Waals surface area contributed by atoms with Crippen LogP contribution in [0.1, 0.15) is 85.4 Å². The molecule has 1 aromatic carbocycles. The number of hydrogen-bond acceptors (Lipinski definition) is 15. The van der Waals surface area contributed by atoms with E-state index in [0.29, 0.717) is 90.8 Å². The minimum atomic E-state index is -1.85. The molecule has 23 heteroatoms. The van der Waals surface area contributed by atoms with Gasteiger partial charge in [-0.2, -0.15) is 0 Å². The quantitative estimate of drug-likeness (QED) is 0.0303. The number of nitrogens with two attached hydrogens (primary N) is 1. The number of amides is 6. The molecule has 2 aromatic heterocycles. The van der Waals surface area contributed by atoms with E-state index in [1.807, 2.05) is 0 Å². The lowest BCUT2D eigenvalue weighted by Crippen LogP contribution is -2.48. The van der Waals surface area contributed by atoms with Crippen molar-refractivity contribution in [2.24, 2.45) is 5.73 Å². The fourth-order valence-electron chi connectivity index (χ4n) is 8.54. The van der Waals surface area contributed by atoms with E-state index in [4.69, 9.17) is 29.7 Å². The molecule has 0 bridgehead atoms. The summed E-state index contributed by atoms with van der Waals surface area (Å²) in [6.45, 7) is 3.88. The first kappa shape index (κ1) is 51.4. The SMILES string of the molecule is CC[C@]1(O)c2cc3n(c(=O)c2COC1O)Cc1c-3nc2cc(F)c(C)c3c2c1[C@@H](NC(=O)[C@H](C)NC(=O)COCNC(=O)CNC(=O)CNC(=O)[C@@H](N)CCCCNC(=O)COCCOC)CC3. The molecule has 10 N–H and O–H groups in total. The number of benzene rings is 1. The molecule has 0 saturated carbocycles. The zero-order valence-corrected chi connectivity index (χ0v) is 38.5. The molecule has 22 nitrogen and oxygen atoms in total. The number of aromatic nitrogens is 2. The second-order valence-electron chi connectivity index (χ2n) is 16.9. The van der Waals surface area contributed by atoms with E-state index >= 15 is 4.39 Å². The number of fused-ring (bicyclic) bond motifs is 5. The normalized spacial score (nSPS) is 18.6. The molecule has 3 aliphatic rings. The van der Waals surface area contributed by atoms with E-state index in [1.165, 1.54) is 24.7 Å². The van der Waals surface area contributed by atoms with Gasteiger partial charge in [0.1, 0.15) is 37.4 Å². The van der Waals surface area contributed by atoms with Gasteiger partial charge in [0, 0.05) is 41.8 Å². The predicted molar refractivity (Wildman–Crippen MR) is 240 cm³/mol. The Morgan fingerprint density at radius 3 is 2.46 bits per heavy atom. The zero-order chi connectivity index (χ0) is 49.3. The number of carbonyl (C=O) groups excluding carboxylic acids is 6. The average Bonchev–Trinajstić information content (AvgIpc) is 3.69. The van der Waals surface area contributed by atoms with Gasteiger partial charge in [-0.05, 0) is 75.1 Å². The van der Waals surface area contributed by atoms with Gasteiger partial charge in [-0.3, -0.25) is 33.6 Å². The highest BCUT2D eigenvalue weighted by atomic mass is 19.1. The van der Waals surface area contributed by atoms with Crippen LogP contribution in [-0.4, -0.2) is 133 Å². The Bertz CT molecular complexity index is 2490. The van der Waals surface area contributed by atoms with Crippen LogP contribution >= 0.6 is 0 Å². The van der Waals surface area contributed by atoms with E-state index in [9.17, 15) is 43.8 Å². The predicted octanol–water partition coefficient (Wildman–Crippen LogP) is -1.47. The van der Waals surface area contributed by atoms with Crippen molar-refractivity contribution in [3.63, 3.8) is 0 Å². The molecule has 0 fully saturated rings. The second kappa shape index (κ2) is 22.9. The summed E-state index contributed by atoms with van der Waals surface area (Å²) in [4.78, 5) is 93.7. The summed E-state index contributed by atoms with van der Waals surface area (Å²) in [6.07, 6.45) is 0.715. The second-order valence-corrected chi connectivity index (χ2v) is 16.9. The average molecular weight is 954 g/mol. The van der Waals surface area contributed by atoms with Crippen LogP contribution < -0.4 is 43.2 Å². The number of unbranched alkanes of at least 4 members (excludes halogenated alkanes) is 1. The summed E-state index contributed by atoms with van der Waals surface area (Å²) >= 11 is 0. The maximum atomic E-state index is 15.3. The van der Waals surface area contributed by atoms with E-state index < -0.39 is 97.4 Å². The summed E-state index contributed by atoms with van der Waals surface area (Å²) in [5.41, 5.74) is 7.61. The fourth-order valence-corrected chi connectivity index (χ4v) is 8.54. The Kier molecular flexibility index (Phi) is 17.3. The molecule has 5 atom stereocenters. The molecule has 6 amide bonds. The third kappa shape index (κ3) is 11.7. The van der Waals surface area contributed by atoms with E-state index in [-0.39, 0.29) is 43.2 Å². The highest BCUT2D eigenvalue weighted by molar-refractivity contribution is 5.94. The monoisotopic (exact) mass is 953 g/mol. The summed E-state index contributed by atoms with van der Waals surface area (Å²) in [5.74, 6) is -3.77. The van der Waals surface area contributed by atoms with Crippen molar-refractivity contribution in [1.82, 2.24) is 41.5 Å². The van der Waals surface area contributed by atoms with Gasteiger partial charge in [0.2, 0.25) is 35.4 Å². The van der Waals surface area contributed by atoms with Crippen LogP contribution in [0, 0.1) is 12.7 Å². The van der Waals surface area contributed by atoms with Crippen LogP contribution in [0.3, 0.4) is 0 Å². The van der Waals surface area contributed by atoms with Gasteiger partial charge in [-0.1, -0.05) is 6.92 Å². The zero-order valence-electron chi connectivity index (χ0n) is 38.5. The number of nitrogens with zero attached hydrogens (tertiary/aromatic N) is 2. The van der Waals surface area contributed by atoms with Crippen LogP contribution in [0.15, 0.2) is 16.9 Å². The van der Waals surface area contributed by atoms with E-state index in [1.54, 1.807) is 19.9 Å². The van der Waals surface area contributed by atoms with E-state index in [0.717, 1.165) is 5.56 Å². The Morgan fingerprint density at radius 1 is 0.971 bits per heavy atom. The number of pyridine rings is 2. The van der Waals surface area contributed by atoms with Crippen molar-refractivity contribution in [2.45, 2.75) is 102 Å². The Hall–Kier alpha value is -5.95. The van der Waals surface area contributed by atoms with Crippen molar-refractivity contribution < 1.29 is 62.3 Å². The number of aliphatic hydroxyl groups excluding tert-OH is 1. The summed E-state index contributed by atoms with van der Waals surface area (Å²) < 4.78 is 37.4. The lowest BCUT2D eigenvalue weighted by molar-refractivity contribution is -0.236. The number of ether oxygens (including phenoxy) is 4. The Morgan fingerprint density at radius 2 is 1.71 bits per heavy atom. The maximum Gasteiger partial charge on any atom is 0.257 e. The number of hydrogen-bond donors (Lipinski definition) is 9. The molecule has 6 rings (SSSR count).